The predicted molar refractivity (Wildman–Crippen MR) is 64.3 cm³/mol. The summed E-state index contributed by atoms with van der Waals surface area (Å²) < 4.78 is 0. The van der Waals surface area contributed by atoms with E-state index in [-0.39, 0.29) is 24.5 Å². The summed E-state index contributed by atoms with van der Waals surface area (Å²) in [7, 11) is 0. The number of nitrogens with zero attached hydrogens (tertiary/aromatic N) is 1. The molecule has 4 nitrogen and oxygen atoms in total. The summed E-state index contributed by atoms with van der Waals surface area (Å²) in [5.41, 5.74) is 0.880. The molecule has 1 aromatic rings. The third-order valence-electron chi connectivity index (χ3n) is 2.57. The van der Waals surface area contributed by atoms with Crippen molar-refractivity contribution in [3.8, 4) is 6.07 Å². The van der Waals surface area contributed by atoms with Crippen LogP contribution in [0.2, 0.25) is 0 Å². The Hall–Kier alpha value is -1.86. The van der Waals surface area contributed by atoms with Crippen LogP contribution in [0.3, 0.4) is 0 Å². The molecule has 90 valence electrons. The summed E-state index contributed by atoms with van der Waals surface area (Å²) >= 11 is 0. The molecule has 0 aromatic heterocycles. The van der Waals surface area contributed by atoms with E-state index in [1.807, 2.05) is 19.9 Å². The zero-order valence-corrected chi connectivity index (χ0v) is 9.97. The Morgan fingerprint density at radius 3 is 2.76 bits per heavy atom. The van der Waals surface area contributed by atoms with E-state index >= 15 is 0 Å². The van der Waals surface area contributed by atoms with Crippen LogP contribution in [0, 0.1) is 17.2 Å². The van der Waals surface area contributed by atoms with Crippen LogP contribution in [0.15, 0.2) is 24.3 Å². The van der Waals surface area contributed by atoms with Gasteiger partial charge in [-0.2, -0.15) is 5.26 Å². The zero-order chi connectivity index (χ0) is 12.8. The highest BCUT2D eigenvalue weighted by Gasteiger charge is 2.16. The van der Waals surface area contributed by atoms with Crippen LogP contribution in [-0.4, -0.2) is 23.7 Å². The minimum absolute atomic E-state index is 0.0959. The molecule has 0 aliphatic heterocycles. The first-order valence-corrected chi connectivity index (χ1v) is 5.50. The molecule has 0 unspecified atom stereocenters. The van der Waals surface area contributed by atoms with E-state index in [0.717, 1.165) is 0 Å². The van der Waals surface area contributed by atoms with Crippen LogP contribution >= 0.6 is 0 Å². The van der Waals surface area contributed by atoms with Crippen molar-refractivity contribution in [1.29, 1.82) is 5.26 Å². The SMILES string of the molecule is CC(C)[C@@H](CO)NC(=O)c1cccc(C#N)c1. The van der Waals surface area contributed by atoms with Crippen LogP contribution < -0.4 is 5.32 Å². The van der Waals surface area contributed by atoms with E-state index in [1.165, 1.54) is 6.07 Å². The van der Waals surface area contributed by atoms with Gasteiger partial charge in [-0.15, -0.1) is 0 Å². The summed E-state index contributed by atoms with van der Waals surface area (Å²) in [5, 5.41) is 20.6. The highest BCUT2D eigenvalue weighted by molar-refractivity contribution is 5.94. The van der Waals surface area contributed by atoms with Crippen LogP contribution in [0.5, 0.6) is 0 Å². The number of carbonyl (C=O) groups excluding carboxylic acids is 1. The molecule has 0 radical (unpaired) electrons. The van der Waals surface area contributed by atoms with Gasteiger partial charge in [-0.05, 0) is 24.1 Å². The van der Waals surface area contributed by atoms with Gasteiger partial charge in [-0.3, -0.25) is 4.79 Å². The van der Waals surface area contributed by atoms with Gasteiger partial charge < -0.3 is 10.4 Å². The summed E-state index contributed by atoms with van der Waals surface area (Å²) in [6, 6.07) is 8.19. The maximum atomic E-state index is 11.9. The van der Waals surface area contributed by atoms with Crippen molar-refractivity contribution in [3.05, 3.63) is 35.4 Å². The minimum atomic E-state index is -0.270. The maximum absolute atomic E-state index is 11.9. The van der Waals surface area contributed by atoms with Crippen molar-refractivity contribution in [1.82, 2.24) is 5.32 Å². The van der Waals surface area contributed by atoms with Gasteiger partial charge in [0.25, 0.3) is 5.91 Å². The zero-order valence-electron chi connectivity index (χ0n) is 9.97. The third-order valence-corrected chi connectivity index (χ3v) is 2.57. The van der Waals surface area contributed by atoms with Crippen molar-refractivity contribution in [2.45, 2.75) is 19.9 Å². The Bertz CT molecular complexity index is 435. The number of nitriles is 1. The molecule has 1 aromatic carbocycles. The summed E-state index contributed by atoms with van der Waals surface area (Å²) in [6.07, 6.45) is 0. The summed E-state index contributed by atoms with van der Waals surface area (Å²) in [5.74, 6) is -0.113. The highest BCUT2D eigenvalue weighted by atomic mass is 16.3. The largest absolute Gasteiger partial charge is 0.394 e. The quantitative estimate of drug-likeness (QED) is 0.822. The second kappa shape index (κ2) is 6.02. The van der Waals surface area contributed by atoms with Crippen molar-refractivity contribution in [3.63, 3.8) is 0 Å². The van der Waals surface area contributed by atoms with Crippen molar-refractivity contribution >= 4 is 5.91 Å². The first-order valence-electron chi connectivity index (χ1n) is 5.50. The number of aliphatic hydroxyl groups excluding tert-OH is 1. The van der Waals surface area contributed by atoms with E-state index in [9.17, 15) is 4.79 Å². The first-order chi connectivity index (χ1) is 8.08. The molecule has 1 amide bonds. The number of benzene rings is 1. The lowest BCUT2D eigenvalue weighted by atomic mass is 10.0. The predicted octanol–water partition coefficient (Wildman–Crippen LogP) is 1.30. The van der Waals surface area contributed by atoms with E-state index in [4.69, 9.17) is 10.4 Å². The average Bonchev–Trinajstić information content (AvgIpc) is 2.35. The van der Waals surface area contributed by atoms with E-state index in [0.29, 0.717) is 11.1 Å². The van der Waals surface area contributed by atoms with E-state index in [1.54, 1.807) is 18.2 Å². The van der Waals surface area contributed by atoms with E-state index in [2.05, 4.69) is 5.32 Å². The number of aliphatic hydroxyl groups is 1. The molecular formula is C13H16N2O2. The fourth-order valence-electron chi connectivity index (χ4n) is 1.40. The van der Waals surface area contributed by atoms with Gasteiger partial charge in [0.05, 0.1) is 24.3 Å². The second-order valence-corrected chi connectivity index (χ2v) is 4.20. The Labute approximate surface area is 101 Å². The topological polar surface area (TPSA) is 73.1 Å². The lowest BCUT2D eigenvalue weighted by Gasteiger charge is -2.19. The first kappa shape index (κ1) is 13.2. The Kier molecular flexibility index (Phi) is 4.68. The fourth-order valence-corrected chi connectivity index (χ4v) is 1.40. The number of hydrogen-bond donors (Lipinski definition) is 2. The maximum Gasteiger partial charge on any atom is 0.251 e. The van der Waals surface area contributed by atoms with E-state index < -0.39 is 0 Å². The lowest BCUT2D eigenvalue weighted by molar-refractivity contribution is 0.0897. The van der Waals surface area contributed by atoms with Crippen LogP contribution in [0.1, 0.15) is 29.8 Å². The van der Waals surface area contributed by atoms with Gasteiger partial charge in [-0.25, -0.2) is 0 Å². The highest BCUT2D eigenvalue weighted by Crippen LogP contribution is 2.06. The van der Waals surface area contributed by atoms with Gasteiger partial charge in [0.2, 0.25) is 0 Å². The molecule has 0 aliphatic carbocycles. The Morgan fingerprint density at radius 2 is 2.24 bits per heavy atom. The van der Waals surface area contributed by atoms with Crippen LogP contribution in [0.4, 0.5) is 0 Å². The number of hydrogen-bond acceptors (Lipinski definition) is 3. The molecule has 17 heavy (non-hydrogen) atoms. The van der Waals surface area contributed by atoms with Crippen molar-refractivity contribution < 1.29 is 9.90 Å². The standard InChI is InChI=1S/C13H16N2O2/c1-9(2)12(8-16)15-13(17)11-5-3-4-10(6-11)7-14/h3-6,9,12,16H,8H2,1-2H3,(H,15,17)/t12-/m1/s1. The Balaban J connectivity index is 2.79. The van der Waals surface area contributed by atoms with Gasteiger partial charge in [-0.1, -0.05) is 19.9 Å². The van der Waals surface area contributed by atoms with Crippen LogP contribution in [0.25, 0.3) is 0 Å². The van der Waals surface area contributed by atoms with Crippen molar-refractivity contribution in [2.75, 3.05) is 6.61 Å². The molecule has 2 N–H and O–H groups in total. The van der Waals surface area contributed by atoms with Gasteiger partial charge in [0.1, 0.15) is 0 Å². The van der Waals surface area contributed by atoms with Gasteiger partial charge in [0.15, 0.2) is 0 Å². The molecular weight excluding hydrogens is 216 g/mol. The van der Waals surface area contributed by atoms with Crippen molar-refractivity contribution in [2.24, 2.45) is 5.92 Å². The minimum Gasteiger partial charge on any atom is -0.394 e. The summed E-state index contributed by atoms with van der Waals surface area (Å²) in [6.45, 7) is 3.75. The number of amides is 1. The molecule has 1 atom stereocenters. The molecule has 0 heterocycles. The number of carbonyl (C=O) groups is 1. The summed E-state index contributed by atoms with van der Waals surface area (Å²) in [4.78, 5) is 11.9. The molecule has 0 bridgehead atoms. The third kappa shape index (κ3) is 3.58. The smallest absolute Gasteiger partial charge is 0.251 e. The molecule has 0 aliphatic rings. The molecule has 4 heteroatoms. The Morgan fingerprint density at radius 1 is 1.53 bits per heavy atom. The van der Waals surface area contributed by atoms with Gasteiger partial charge in [0, 0.05) is 5.56 Å². The lowest BCUT2D eigenvalue weighted by Crippen LogP contribution is -2.41. The number of rotatable bonds is 4. The van der Waals surface area contributed by atoms with Gasteiger partial charge >= 0.3 is 0 Å². The monoisotopic (exact) mass is 232 g/mol. The molecule has 1 rings (SSSR count). The fraction of sp³-hybridized carbons (Fsp3) is 0.385. The molecule has 0 fully saturated rings. The molecule has 0 saturated heterocycles. The normalized spacial score (nSPS) is 11.9. The van der Waals surface area contributed by atoms with Crippen LogP contribution in [-0.2, 0) is 0 Å². The molecule has 0 spiro atoms. The number of nitrogens with one attached hydrogen (secondary N) is 1. The second-order valence-electron chi connectivity index (χ2n) is 4.20. The molecule has 0 saturated carbocycles. The average molecular weight is 232 g/mol.